The van der Waals surface area contributed by atoms with Crippen LogP contribution in [0.3, 0.4) is 0 Å². The van der Waals surface area contributed by atoms with E-state index in [-0.39, 0.29) is 0 Å². The van der Waals surface area contributed by atoms with Gasteiger partial charge >= 0.3 is 5.97 Å². The van der Waals surface area contributed by atoms with Gasteiger partial charge in [0.05, 0.1) is 5.56 Å². The van der Waals surface area contributed by atoms with Crippen LogP contribution < -0.4 is 0 Å². The Bertz CT molecular complexity index is 614. The van der Waals surface area contributed by atoms with Gasteiger partial charge in [-0.3, -0.25) is 0 Å². The third kappa shape index (κ3) is 2.25. The highest BCUT2D eigenvalue weighted by atomic mass is 16.4. The van der Waals surface area contributed by atoms with Gasteiger partial charge in [-0.05, 0) is 36.3 Å². The van der Waals surface area contributed by atoms with Crippen molar-refractivity contribution in [1.29, 1.82) is 0 Å². The van der Waals surface area contributed by atoms with Crippen LogP contribution in [0.5, 0.6) is 0 Å². The Morgan fingerprint density at radius 3 is 2.68 bits per heavy atom. The number of hydrogen-bond donors (Lipinski definition) is 1. The lowest BCUT2D eigenvalue weighted by atomic mass is 9.86. The minimum Gasteiger partial charge on any atom is -0.478 e. The summed E-state index contributed by atoms with van der Waals surface area (Å²) in [6.45, 7) is 2.32. The molecule has 3 heteroatoms. The Morgan fingerprint density at radius 1 is 1.21 bits per heavy atom. The first-order valence-corrected chi connectivity index (χ1v) is 6.99. The first kappa shape index (κ1) is 12.3. The van der Waals surface area contributed by atoms with E-state index in [1.165, 1.54) is 25.7 Å². The Morgan fingerprint density at radius 2 is 1.95 bits per heavy atom. The summed E-state index contributed by atoms with van der Waals surface area (Å²) >= 11 is 0. The Labute approximate surface area is 112 Å². The molecule has 1 aromatic heterocycles. The van der Waals surface area contributed by atoms with Crippen LogP contribution in [-0.4, -0.2) is 15.6 Å². The minimum absolute atomic E-state index is 0.363. The summed E-state index contributed by atoms with van der Waals surface area (Å²) in [6.07, 6.45) is 9.42. The molecule has 0 bridgehead atoms. The molecule has 19 heavy (non-hydrogen) atoms. The average Bonchev–Trinajstić information content (AvgIpc) is 2.81. The highest BCUT2D eigenvalue weighted by molar-refractivity contribution is 5.94. The van der Waals surface area contributed by atoms with Crippen LogP contribution in [0.1, 0.15) is 49.0 Å². The second-order valence-corrected chi connectivity index (χ2v) is 5.68. The van der Waals surface area contributed by atoms with E-state index >= 15 is 0 Å². The summed E-state index contributed by atoms with van der Waals surface area (Å²) in [4.78, 5) is 11.0. The summed E-state index contributed by atoms with van der Waals surface area (Å²) in [7, 11) is 0. The SMILES string of the molecule is CC1CCCCC1n1cc2ccc(C(=O)O)cc2c1. The molecular formula is C16H19NO2. The fourth-order valence-electron chi connectivity index (χ4n) is 3.23. The van der Waals surface area contributed by atoms with Gasteiger partial charge < -0.3 is 9.67 Å². The number of hydrogen-bond acceptors (Lipinski definition) is 1. The maximum absolute atomic E-state index is 11.0. The van der Waals surface area contributed by atoms with E-state index in [4.69, 9.17) is 5.11 Å². The lowest BCUT2D eigenvalue weighted by molar-refractivity contribution is 0.0697. The molecule has 0 radical (unpaired) electrons. The van der Waals surface area contributed by atoms with E-state index in [2.05, 4.69) is 23.9 Å². The van der Waals surface area contributed by atoms with E-state index in [9.17, 15) is 4.79 Å². The zero-order valence-electron chi connectivity index (χ0n) is 11.2. The van der Waals surface area contributed by atoms with Crippen LogP contribution in [0.2, 0.25) is 0 Å². The maximum atomic E-state index is 11.0. The first-order valence-electron chi connectivity index (χ1n) is 6.99. The van der Waals surface area contributed by atoms with Crippen molar-refractivity contribution in [3.05, 3.63) is 36.2 Å². The zero-order chi connectivity index (χ0) is 13.4. The molecule has 2 unspecified atom stereocenters. The monoisotopic (exact) mass is 257 g/mol. The van der Waals surface area contributed by atoms with Gasteiger partial charge in [0.2, 0.25) is 0 Å². The van der Waals surface area contributed by atoms with Gasteiger partial charge in [0.25, 0.3) is 0 Å². The fraction of sp³-hybridized carbons (Fsp3) is 0.438. The quantitative estimate of drug-likeness (QED) is 0.880. The minimum atomic E-state index is -0.860. The van der Waals surface area contributed by atoms with Crippen LogP contribution in [0, 0.1) is 5.92 Å². The van der Waals surface area contributed by atoms with Crippen molar-refractivity contribution in [2.45, 2.75) is 38.6 Å². The molecule has 1 N–H and O–H groups in total. The summed E-state index contributed by atoms with van der Waals surface area (Å²) < 4.78 is 2.29. The van der Waals surface area contributed by atoms with Crippen molar-refractivity contribution in [1.82, 2.24) is 4.57 Å². The topological polar surface area (TPSA) is 42.2 Å². The smallest absolute Gasteiger partial charge is 0.335 e. The summed E-state index contributed by atoms with van der Waals surface area (Å²) in [5.74, 6) is -0.157. The predicted octanol–water partition coefficient (Wildman–Crippen LogP) is 4.09. The van der Waals surface area contributed by atoms with E-state index < -0.39 is 5.97 Å². The van der Waals surface area contributed by atoms with Gasteiger partial charge in [-0.1, -0.05) is 25.8 Å². The van der Waals surface area contributed by atoms with Gasteiger partial charge in [0.1, 0.15) is 0 Å². The van der Waals surface area contributed by atoms with Crippen molar-refractivity contribution in [3.63, 3.8) is 0 Å². The number of fused-ring (bicyclic) bond motifs is 1. The van der Waals surface area contributed by atoms with Crippen molar-refractivity contribution in [2.24, 2.45) is 5.92 Å². The molecule has 1 aliphatic carbocycles. The molecule has 2 aromatic rings. The van der Waals surface area contributed by atoms with E-state index in [1.54, 1.807) is 12.1 Å². The Hall–Kier alpha value is -1.77. The van der Waals surface area contributed by atoms with Gasteiger partial charge in [0.15, 0.2) is 0 Å². The van der Waals surface area contributed by atoms with E-state index in [1.807, 2.05) is 6.07 Å². The number of aromatic carboxylic acids is 1. The van der Waals surface area contributed by atoms with Crippen LogP contribution in [0.4, 0.5) is 0 Å². The second-order valence-electron chi connectivity index (χ2n) is 5.68. The highest BCUT2D eigenvalue weighted by Crippen LogP contribution is 2.35. The van der Waals surface area contributed by atoms with Gasteiger partial charge in [-0.2, -0.15) is 0 Å². The molecule has 0 spiro atoms. The molecule has 1 fully saturated rings. The summed E-state index contributed by atoms with van der Waals surface area (Å²) in [6, 6.07) is 5.92. The normalized spacial score (nSPS) is 23.6. The molecule has 3 rings (SSSR count). The first-order chi connectivity index (χ1) is 9.15. The van der Waals surface area contributed by atoms with Crippen molar-refractivity contribution in [2.75, 3.05) is 0 Å². The molecule has 0 saturated heterocycles. The molecule has 1 saturated carbocycles. The van der Waals surface area contributed by atoms with Crippen LogP contribution in [-0.2, 0) is 0 Å². The molecule has 1 heterocycles. The fourth-order valence-corrected chi connectivity index (χ4v) is 3.23. The third-order valence-corrected chi connectivity index (χ3v) is 4.36. The van der Waals surface area contributed by atoms with E-state index in [0.29, 0.717) is 17.5 Å². The number of nitrogens with zero attached hydrogens (tertiary/aromatic N) is 1. The standard InChI is InChI=1S/C16H19NO2/c1-11-4-2-3-5-15(11)17-9-13-7-6-12(16(18)19)8-14(13)10-17/h6-11,15H,2-5H2,1H3,(H,18,19). The number of carbonyl (C=O) groups is 1. The molecular weight excluding hydrogens is 238 g/mol. The maximum Gasteiger partial charge on any atom is 0.335 e. The Balaban J connectivity index is 1.99. The van der Waals surface area contributed by atoms with Crippen LogP contribution >= 0.6 is 0 Å². The van der Waals surface area contributed by atoms with Crippen molar-refractivity contribution in [3.8, 4) is 0 Å². The molecule has 1 aliphatic rings. The molecule has 1 aromatic carbocycles. The average molecular weight is 257 g/mol. The number of carboxylic acids is 1. The Kier molecular flexibility index (Phi) is 3.05. The van der Waals surface area contributed by atoms with Crippen LogP contribution in [0.15, 0.2) is 30.6 Å². The molecule has 100 valence electrons. The van der Waals surface area contributed by atoms with Crippen LogP contribution in [0.25, 0.3) is 10.8 Å². The molecule has 3 nitrogen and oxygen atoms in total. The highest BCUT2D eigenvalue weighted by Gasteiger charge is 2.22. The van der Waals surface area contributed by atoms with Gasteiger partial charge in [-0.15, -0.1) is 0 Å². The largest absolute Gasteiger partial charge is 0.478 e. The van der Waals surface area contributed by atoms with Crippen molar-refractivity contribution >= 4 is 16.7 Å². The van der Waals surface area contributed by atoms with Gasteiger partial charge in [0, 0.05) is 23.8 Å². The molecule has 2 atom stereocenters. The second kappa shape index (κ2) is 4.72. The number of aromatic nitrogens is 1. The van der Waals surface area contributed by atoms with E-state index in [0.717, 1.165) is 10.8 Å². The predicted molar refractivity (Wildman–Crippen MR) is 75.6 cm³/mol. The van der Waals surface area contributed by atoms with Gasteiger partial charge in [-0.25, -0.2) is 4.79 Å². The number of rotatable bonds is 2. The summed E-state index contributed by atoms with van der Waals surface area (Å²) in [5.41, 5.74) is 0.363. The number of carboxylic acid groups (broad SMARTS) is 1. The lowest BCUT2D eigenvalue weighted by Gasteiger charge is -2.30. The number of benzene rings is 1. The molecule has 0 amide bonds. The van der Waals surface area contributed by atoms with Crippen molar-refractivity contribution < 1.29 is 9.90 Å². The summed E-state index contributed by atoms with van der Waals surface area (Å²) in [5, 5.41) is 11.2. The third-order valence-electron chi connectivity index (χ3n) is 4.36. The molecule has 0 aliphatic heterocycles. The zero-order valence-corrected chi connectivity index (χ0v) is 11.2. The lowest BCUT2D eigenvalue weighted by Crippen LogP contribution is -2.19.